The van der Waals surface area contributed by atoms with E-state index in [1.54, 1.807) is 0 Å². The number of aliphatic hydroxyl groups excluding tert-OH is 1. The summed E-state index contributed by atoms with van der Waals surface area (Å²) in [6, 6.07) is 0. The smallest absolute Gasteiger partial charge is 0.372 e. The van der Waals surface area contributed by atoms with Gasteiger partial charge in [0.15, 0.2) is 5.76 Å². The van der Waals surface area contributed by atoms with Crippen molar-refractivity contribution in [2.75, 3.05) is 33.0 Å². The zero-order valence-electron chi connectivity index (χ0n) is 12.7. The van der Waals surface area contributed by atoms with Crippen LogP contribution in [0.3, 0.4) is 0 Å². The fraction of sp³-hybridized carbons (Fsp3) is 0.800. The lowest BCUT2D eigenvalue weighted by Crippen LogP contribution is -2.17. The molecule has 20 heavy (non-hydrogen) atoms. The molecule has 1 N–H and O–H groups in total. The summed E-state index contributed by atoms with van der Waals surface area (Å²) in [5, 5.41) is 8.51. The van der Waals surface area contributed by atoms with Crippen LogP contribution in [0.1, 0.15) is 39.5 Å². The Morgan fingerprint density at radius 3 is 2.55 bits per heavy atom. The number of carbonyl (C=O) groups excluding carboxylic acids is 1. The van der Waals surface area contributed by atoms with Crippen molar-refractivity contribution in [3.05, 3.63) is 12.3 Å². The van der Waals surface area contributed by atoms with Gasteiger partial charge in [0, 0.05) is 0 Å². The number of ether oxygens (including phenoxy) is 3. The Morgan fingerprint density at radius 1 is 1.20 bits per heavy atom. The molecule has 0 bridgehead atoms. The van der Waals surface area contributed by atoms with Gasteiger partial charge in [0.2, 0.25) is 0 Å². The highest BCUT2D eigenvalue weighted by molar-refractivity contribution is 5.85. The van der Waals surface area contributed by atoms with Gasteiger partial charge >= 0.3 is 5.97 Å². The second kappa shape index (κ2) is 12.9. The molecule has 0 aliphatic rings. The molecule has 5 heteroatoms. The quantitative estimate of drug-likeness (QED) is 0.244. The first kappa shape index (κ1) is 18.9. The molecule has 0 aliphatic carbocycles. The molecule has 0 aliphatic heterocycles. The van der Waals surface area contributed by atoms with Crippen LogP contribution in [0.4, 0.5) is 0 Å². The van der Waals surface area contributed by atoms with E-state index in [-0.39, 0.29) is 25.6 Å². The molecule has 0 spiro atoms. The van der Waals surface area contributed by atoms with Crippen LogP contribution in [0.2, 0.25) is 0 Å². The van der Waals surface area contributed by atoms with Crippen LogP contribution in [0.15, 0.2) is 12.3 Å². The largest absolute Gasteiger partial charge is 0.485 e. The Labute approximate surface area is 121 Å². The minimum Gasteiger partial charge on any atom is -0.485 e. The average Bonchev–Trinajstić information content (AvgIpc) is 2.46. The Bertz CT molecular complexity index is 265. The molecule has 0 amide bonds. The van der Waals surface area contributed by atoms with Gasteiger partial charge in [0.05, 0.1) is 26.4 Å². The highest BCUT2D eigenvalue weighted by atomic mass is 16.6. The maximum atomic E-state index is 11.6. The molecule has 0 saturated carbocycles. The summed E-state index contributed by atoms with van der Waals surface area (Å²) in [5.41, 5.74) is 0. The lowest BCUT2D eigenvalue weighted by atomic mass is 10.0. The maximum absolute atomic E-state index is 11.6. The minimum atomic E-state index is -0.512. The second-order valence-electron chi connectivity index (χ2n) is 4.62. The predicted molar refractivity (Wildman–Crippen MR) is 77.3 cm³/mol. The molecule has 1 unspecified atom stereocenters. The molecule has 0 heterocycles. The molecule has 118 valence electrons. The summed E-state index contributed by atoms with van der Waals surface area (Å²) >= 11 is 0. The molecular weight excluding hydrogens is 260 g/mol. The van der Waals surface area contributed by atoms with Gasteiger partial charge in [0.1, 0.15) is 6.61 Å². The fourth-order valence-electron chi connectivity index (χ4n) is 1.62. The van der Waals surface area contributed by atoms with Gasteiger partial charge in [-0.3, -0.25) is 0 Å². The maximum Gasteiger partial charge on any atom is 0.372 e. The van der Waals surface area contributed by atoms with Crippen LogP contribution in [0, 0.1) is 5.92 Å². The average molecular weight is 288 g/mol. The normalized spacial score (nSPS) is 11.9. The van der Waals surface area contributed by atoms with Crippen molar-refractivity contribution < 1.29 is 24.1 Å². The van der Waals surface area contributed by atoms with Crippen molar-refractivity contribution in [1.29, 1.82) is 0 Å². The van der Waals surface area contributed by atoms with Crippen LogP contribution in [-0.2, 0) is 19.0 Å². The van der Waals surface area contributed by atoms with Gasteiger partial charge in [-0.05, 0) is 18.9 Å². The number of hydrogen-bond donors (Lipinski definition) is 1. The highest BCUT2D eigenvalue weighted by Crippen LogP contribution is 2.13. The molecule has 0 aromatic carbocycles. The molecule has 1 atom stereocenters. The van der Waals surface area contributed by atoms with E-state index < -0.39 is 5.97 Å². The number of carbonyl (C=O) groups is 1. The zero-order chi connectivity index (χ0) is 15.2. The van der Waals surface area contributed by atoms with Gasteiger partial charge in [-0.2, -0.15) is 0 Å². The van der Waals surface area contributed by atoms with Crippen molar-refractivity contribution >= 4 is 5.97 Å². The van der Waals surface area contributed by atoms with Crippen molar-refractivity contribution in [3.8, 4) is 0 Å². The fourth-order valence-corrected chi connectivity index (χ4v) is 1.62. The van der Waals surface area contributed by atoms with Gasteiger partial charge in [0.25, 0.3) is 0 Å². The summed E-state index contributed by atoms with van der Waals surface area (Å²) in [7, 11) is 0. The van der Waals surface area contributed by atoms with E-state index in [1.165, 1.54) is 0 Å². The Kier molecular flexibility index (Phi) is 12.2. The van der Waals surface area contributed by atoms with Crippen molar-refractivity contribution in [3.63, 3.8) is 0 Å². The first-order valence-corrected chi connectivity index (χ1v) is 7.33. The van der Waals surface area contributed by atoms with Crippen LogP contribution in [-0.4, -0.2) is 44.1 Å². The van der Waals surface area contributed by atoms with Crippen LogP contribution in [0.25, 0.3) is 0 Å². The Balaban J connectivity index is 3.75. The van der Waals surface area contributed by atoms with Crippen LogP contribution >= 0.6 is 0 Å². The second-order valence-corrected chi connectivity index (χ2v) is 4.62. The highest BCUT2D eigenvalue weighted by Gasteiger charge is 2.13. The summed E-state index contributed by atoms with van der Waals surface area (Å²) in [6.45, 7) is 8.95. The summed E-state index contributed by atoms with van der Waals surface area (Å²) in [6.07, 6.45) is 4.36. The van der Waals surface area contributed by atoms with Gasteiger partial charge in [-0.1, -0.05) is 33.1 Å². The van der Waals surface area contributed by atoms with E-state index in [0.717, 1.165) is 25.7 Å². The molecule has 5 nitrogen and oxygen atoms in total. The first-order valence-electron chi connectivity index (χ1n) is 7.33. The first-order chi connectivity index (χ1) is 9.65. The Hall–Kier alpha value is -1.07. The van der Waals surface area contributed by atoms with E-state index in [4.69, 9.17) is 19.3 Å². The van der Waals surface area contributed by atoms with E-state index in [1.807, 2.05) is 0 Å². The third kappa shape index (κ3) is 9.81. The molecule has 0 aromatic rings. The SMILES string of the molecule is C=C(OCCOCCO)C(=O)OCC(CC)CCCC. The van der Waals surface area contributed by atoms with Gasteiger partial charge in [-0.25, -0.2) is 4.79 Å². The zero-order valence-corrected chi connectivity index (χ0v) is 12.7. The van der Waals surface area contributed by atoms with E-state index in [0.29, 0.717) is 19.1 Å². The summed E-state index contributed by atoms with van der Waals surface area (Å²) < 4.78 is 15.3. The van der Waals surface area contributed by atoms with Crippen molar-refractivity contribution in [2.24, 2.45) is 5.92 Å². The third-order valence-electron chi connectivity index (χ3n) is 2.96. The summed E-state index contributed by atoms with van der Waals surface area (Å²) in [4.78, 5) is 11.6. The van der Waals surface area contributed by atoms with Crippen LogP contribution in [0.5, 0.6) is 0 Å². The summed E-state index contributed by atoms with van der Waals surface area (Å²) in [5.74, 6) is -0.107. The minimum absolute atomic E-state index is 0.00273. The number of unbranched alkanes of at least 4 members (excludes halogenated alkanes) is 1. The molecule has 0 fully saturated rings. The lowest BCUT2D eigenvalue weighted by Gasteiger charge is -2.15. The number of hydrogen-bond acceptors (Lipinski definition) is 5. The monoisotopic (exact) mass is 288 g/mol. The molecule has 0 saturated heterocycles. The topological polar surface area (TPSA) is 65.0 Å². The van der Waals surface area contributed by atoms with E-state index in [2.05, 4.69) is 20.4 Å². The molecule has 0 aromatic heterocycles. The molecular formula is C15H28O5. The predicted octanol–water partition coefficient (Wildman–Crippen LogP) is 2.29. The third-order valence-corrected chi connectivity index (χ3v) is 2.96. The number of aliphatic hydroxyl groups is 1. The number of esters is 1. The van der Waals surface area contributed by atoms with E-state index >= 15 is 0 Å². The lowest BCUT2D eigenvalue weighted by molar-refractivity contribution is -0.144. The van der Waals surface area contributed by atoms with Crippen molar-refractivity contribution in [2.45, 2.75) is 39.5 Å². The molecule has 0 rings (SSSR count). The van der Waals surface area contributed by atoms with Crippen LogP contribution < -0.4 is 0 Å². The molecule has 0 radical (unpaired) electrons. The van der Waals surface area contributed by atoms with E-state index in [9.17, 15) is 4.79 Å². The Morgan fingerprint density at radius 2 is 1.95 bits per heavy atom. The van der Waals surface area contributed by atoms with Gasteiger partial charge in [-0.15, -0.1) is 0 Å². The van der Waals surface area contributed by atoms with Gasteiger partial charge < -0.3 is 19.3 Å². The standard InChI is InChI=1S/C15H28O5/c1-4-6-7-14(5-2)12-20-15(17)13(3)19-11-10-18-9-8-16/h14,16H,3-12H2,1-2H3. The number of rotatable bonds is 13. The van der Waals surface area contributed by atoms with Crippen molar-refractivity contribution in [1.82, 2.24) is 0 Å².